The average Bonchev–Trinajstić information content (AvgIpc) is 2.46. The quantitative estimate of drug-likeness (QED) is 0.848. The highest BCUT2D eigenvalue weighted by atomic mass is 15.5. The maximum Gasteiger partial charge on any atom is 0.0587 e. The van der Waals surface area contributed by atoms with Gasteiger partial charge < -0.3 is 10.6 Å². The van der Waals surface area contributed by atoms with Gasteiger partial charge in [-0.25, -0.2) is 10.4 Å². The molecule has 3 N–H and O–H groups in total. The second-order valence-electron chi connectivity index (χ2n) is 5.45. The van der Waals surface area contributed by atoms with E-state index in [2.05, 4.69) is 53.7 Å². The van der Waals surface area contributed by atoms with Crippen LogP contribution in [0.3, 0.4) is 0 Å². The summed E-state index contributed by atoms with van der Waals surface area (Å²) in [6.07, 6.45) is 3.91. The lowest BCUT2D eigenvalue weighted by molar-refractivity contribution is 0.130. The summed E-state index contributed by atoms with van der Waals surface area (Å²) in [5.74, 6) is 0. The molecule has 2 rings (SSSR count). The van der Waals surface area contributed by atoms with Gasteiger partial charge in [-0.2, -0.15) is 0 Å². The van der Waals surface area contributed by atoms with Gasteiger partial charge in [0.15, 0.2) is 0 Å². The summed E-state index contributed by atoms with van der Waals surface area (Å²) < 4.78 is 0. The van der Waals surface area contributed by atoms with Gasteiger partial charge in [-0.3, -0.25) is 0 Å². The Morgan fingerprint density at radius 2 is 1.79 bits per heavy atom. The van der Waals surface area contributed by atoms with Gasteiger partial charge >= 0.3 is 0 Å². The molecule has 1 aromatic carbocycles. The van der Waals surface area contributed by atoms with Crippen molar-refractivity contribution < 1.29 is 0 Å². The summed E-state index contributed by atoms with van der Waals surface area (Å²) in [5, 5.41) is 2.32. The highest BCUT2D eigenvalue weighted by molar-refractivity contribution is 5.46. The first-order valence-electron chi connectivity index (χ1n) is 7.19. The van der Waals surface area contributed by atoms with E-state index in [9.17, 15) is 0 Å². The molecule has 1 aliphatic rings. The predicted octanol–water partition coefficient (Wildman–Crippen LogP) is 1.74. The Hall–Kier alpha value is -1.10. The Balaban J connectivity index is 1.99. The van der Waals surface area contributed by atoms with Crippen molar-refractivity contribution in [2.75, 3.05) is 38.6 Å². The van der Waals surface area contributed by atoms with Crippen LogP contribution in [0, 0.1) is 0 Å². The van der Waals surface area contributed by atoms with E-state index >= 15 is 0 Å². The van der Waals surface area contributed by atoms with E-state index < -0.39 is 0 Å². The fraction of sp³-hybridized carbons (Fsp3) is 0.600. The molecule has 19 heavy (non-hydrogen) atoms. The van der Waals surface area contributed by atoms with Crippen molar-refractivity contribution in [2.24, 2.45) is 5.73 Å². The molecule has 0 radical (unpaired) electrons. The number of rotatable bonds is 5. The molecule has 0 bridgehead atoms. The normalized spacial score (nSPS) is 18.3. The van der Waals surface area contributed by atoms with Crippen molar-refractivity contribution in [2.45, 2.75) is 25.3 Å². The second-order valence-corrected chi connectivity index (χ2v) is 5.45. The van der Waals surface area contributed by atoms with E-state index in [1.54, 1.807) is 0 Å². The lowest BCUT2D eigenvalue weighted by Gasteiger charge is -2.31. The number of hydrogen-bond acceptors (Lipinski definition) is 4. The Morgan fingerprint density at radius 3 is 2.32 bits per heavy atom. The number of nitrogens with one attached hydrogen (secondary N) is 1. The summed E-state index contributed by atoms with van der Waals surface area (Å²) in [4.78, 5) is 2.11. The van der Waals surface area contributed by atoms with E-state index in [4.69, 9.17) is 5.73 Å². The van der Waals surface area contributed by atoms with Crippen LogP contribution >= 0.6 is 0 Å². The standard InChI is InChI=1S/C15H26N4/c1-18(2)14-8-6-13(7-9-14)15(12-16)17-19-10-4-3-5-11-19/h6-9,15,17H,3-5,10-12,16H2,1-2H3. The van der Waals surface area contributed by atoms with Crippen molar-refractivity contribution in [1.82, 2.24) is 10.4 Å². The van der Waals surface area contributed by atoms with Crippen LogP contribution in [-0.2, 0) is 0 Å². The van der Waals surface area contributed by atoms with Crippen LogP contribution in [0.25, 0.3) is 0 Å². The minimum atomic E-state index is 0.217. The fourth-order valence-electron chi connectivity index (χ4n) is 2.51. The van der Waals surface area contributed by atoms with Gasteiger partial charge in [-0.05, 0) is 30.5 Å². The molecule has 0 saturated carbocycles. The number of hydrogen-bond donors (Lipinski definition) is 2. The zero-order chi connectivity index (χ0) is 13.7. The molecule has 1 atom stereocenters. The highest BCUT2D eigenvalue weighted by Gasteiger charge is 2.16. The van der Waals surface area contributed by atoms with E-state index in [-0.39, 0.29) is 6.04 Å². The number of benzene rings is 1. The third-order valence-corrected chi connectivity index (χ3v) is 3.74. The fourth-order valence-corrected chi connectivity index (χ4v) is 2.51. The minimum absolute atomic E-state index is 0.217. The van der Waals surface area contributed by atoms with Crippen LogP contribution in [0.2, 0.25) is 0 Å². The third kappa shape index (κ3) is 3.93. The van der Waals surface area contributed by atoms with Gasteiger partial charge in [0.1, 0.15) is 0 Å². The molecule has 1 fully saturated rings. The molecular weight excluding hydrogens is 236 g/mol. The summed E-state index contributed by atoms with van der Waals surface area (Å²) in [5.41, 5.74) is 12.0. The van der Waals surface area contributed by atoms with Crippen LogP contribution in [0.5, 0.6) is 0 Å². The molecule has 4 nitrogen and oxygen atoms in total. The Bertz CT molecular complexity index is 368. The molecule has 1 aromatic rings. The lowest BCUT2D eigenvalue weighted by Crippen LogP contribution is -2.45. The van der Waals surface area contributed by atoms with Crippen molar-refractivity contribution in [3.63, 3.8) is 0 Å². The van der Waals surface area contributed by atoms with E-state index in [1.165, 1.54) is 30.5 Å². The molecule has 0 spiro atoms. The minimum Gasteiger partial charge on any atom is -0.378 e. The van der Waals surface area contributed by atoms with Gasteiger partial charge in [0.2, 0.25) is 0 Å². The summed E-state index contributed by atoms with van der Waals surface area (Å²) in [7, 11) is 4.11. The van der Waals surface area contributed by atoms with Crippen molar-refractivity contribution in [3.8, 4) is 0 Å². The van der Waals surface area contributed by atoms with Crippen LogP contribution in [0.4, 0.5) is 5.69 Å². The monoisotopic (exact) mass is 262 g/mol. The molecule has 1 heterocycles. The molecule has 0 aliphatic carbocycles. The Labute approximate surface area is 116 Å². The van der Waals surface area contributed by atoms with E-state index in [0.29, 0.717) is 6.54 Å². The maximum atomic E-state index is 5.92. The number of anilines is 1. The summed E-state index contributed by atoms with van der Waals surface area (Å²) in [6, 6.07) is 8.86. The molecule has 0 aromatic heterocycles. The Morgan fingerprint density at radius 1 is 1.16 bits per heavy atom. The molecule has 0 amide bonds. The van der Waals surface area contributed by atoms with Crippen LogP contribution in [0.15, 0.2) is 24.3 Å². The van der Waals surface area contributed by atoms with Crippen LogP contribution in [-0.4, -0.2) is 38.7 Å². The van der Waals surface area contributed by atoms with E-state index in [1.807, 2.05) is 0 Å². The van der Waals surface area contributed by atoms with Crippen LogP contribution in [0.1, 0.15) is 30.9 Å². The average molecular weight is 262 g/mol. The number of nitrogens with zero attached hydrogens (tertiary/aromatic N) is 2. The van der Waals surface area contributed by atoms with Crippen molar-refractivity contribution in [1.29, 1.82) is 0 Å². The maximum absolute atomic E-state index is 5.92. The first kappa shape index (κ1) is 14.3. The number of hydrazine groups is 1. The highest BCUT2D eigenvalue weighted by Crippen LogP contribution is 2.18. The van der Waals surface area contributed by atoms with Gasteiger partial charge in [0.25, 0.3) is 0 Å². The van der Waals surface area contributed by atoms with Gasteiger partial charge in [0.05, 0.1) is 6.04 Å². The number of piperidine rings is 1. The van der Waals surface area contributed by atoms with Crippen LogP contribution < -0.4 is 16.1 Å². The topological polar surface area (TPSA) is 44.5 Å². The summed E-state index contributed by atoms with van der Waals surface area (Å²) >= 11 is 0. The predicted molar refractivity (Wildman–Crippen MR) is 81.1 cm³/mol. The molecule has 4 heteroatoms. The van der Waals surface area contributed by atoms with Crippen molar-refractivity contribution >= 4 is 5.69 Å². The smallest absolute Gasteiger partial charge is 0.0587 e. The zero-order valence-electron chi connectivity index (χ0n) is 12.1. The largest absolute Gasteiger partial charge is 0.378 e. The lowest BCUT2D eigenvalue weighted by atomic mass is 10.1. The summed E-state index contributed by atoms with van der Waals surface area (Å²) in [6.45, 7) is 2.89. The van der Waals surface area contributed by atoms with Gasteiger partial charge in [-0.15, -0.1) is 0 Å². The van der Waals surface area contributed by atoms with Gasteiger partial charge in [0, 0.05) is 39.4 Å². The first-order valence-corrected chi connectivity index (χ1v) is 7.19. The molecule has 1 unspecified atom stereocenters. The first-order chi connectivity index (χ1) is 9.20. The SMILES string of the molecule is CN(C)c1ccc(C(CN)NN2CCCCC2)cc1. The van der Waals surface area contributed by atoms with E-state index in [0.717, 1.165) is 13.1 Å². The van der Waals surface area contributed by atoms with Gasteiger partial charge in [-0.1, -0.05) is 18.6 Å². The number of nitrogens with two attached hydrogens (primary N) is 1. The molecule has 1 aliphatic heterocycles. The Kier molecular flexibility index (Phi) is 5.19. The molecular formula is C15H26N4. The zero-order valence-corrected chi connectivity index (χ0v) is 12.1. The second kappa shape index (κ2) is 6.89. The third-order valence-electron chi connectivity index (χ3n) is 3.74. The molecule has 106 valence electrons. The molecule has 1 saturated heterocycles. The van der Waals surface area contributed by atoms with Crippen molar-refractivity contribution in [3.05, 3.63) is 29.8 Å².